The highest BCUT2D eigenvalue weighted by molar-refractivity contribution is 6.03. The lowest BCUT2D eigenvalue weighted by molar-refractivity contribution is -0.120. The van der Waals surface area contributed by atoms with E-state index in [-0.39, 0.29) is 29.4 Å². The van der Waals surface area contributed by atoms with Gasteiger partial charge in [0, 0.05) is 30.3 Å². The average Bonchev–Trinajstić information content (AvgIpc) is 2.96. The molecule has 0 saturated heterocycles. The maximum absolute atomic E-state index is 13.2. The van der Waals surface area contributed by atoms with Crippen molar-refractivity contribution in [3.8, 4) is 29.1 Å². The fraction of sp³-hybridized carbons (Fsp3) is 0.250. The van der Waals surface area contributed by atoms with Gasteiger partial charge in [-0.25, -0.2) is 4.39 Å². The topological polar surface area (TPSA) is 80.8 Å². The minimum Gasteiger partial charge on any atom is -0.489 e. The van der Waals surface area contributed by atoms with Gasteiger partial charge in [0.2, 0.25) is 0 Å². The lowest BCUT2D eigenvalue weighted by Crippen LogP contribution is -2.49. The molecule has 0 aliphatic carbocycles. The minimum atomic E-state index is -0.928. The second-order valence-corrected chi connectivity index (χ2v) is 9.35. The number of hydrogen-bond acceptors (Lipinski definition) is 5. The summed E-state index contributed by atoms with van der Waals surface area (Å²) in [4.78, 5) is 31.6. The molecule has 184 valence electrons. The van der Waals surface area contributed by atoms with Crippen molar-refractivity contribution in [3.63, 3.8) is 0 Å². The van der Waals surface area contributed by atoms with Gasteiger partial charge in [0.05, 0.1) is 5.69 Å². The number of aromatic nitrogens is 1. The molecular weight excluding hydrogens is 461 g/mol. The van der Waals surface area contributed by atoms with Gasteiger partial charge in [-0.2, -0.15) is 0 Å². The van der Waals surface area contributed by atoms with Crippen molar-refractivity contribution in [1.29, 1.82) is 0 Å². The molecule has 3 aromatic rings. The second-order valence-electron chi connectivity index (χ2n) is 9.35. The van der Waals surface area contributed by atoms with Crippen LogP contribution in [0.3, 0.4) is 0 Å². The van der Waals surface area contributed by atoms with Gasteiger partial charge in [-0.15, -0.1) is 0 Å². The van der Waals surface area contributed by atoms with Crippen LogP contribution in [0.4, 0.5) is 10.1 Å². The summed E-state index contributed by atoms with van der Waals surface area (Å²) in [6.45, 7) is 6.03. The van der Waals surface area contributed by atoms with E-state index in [1.165, 1.54) is 41.4 Å². The largest absolute Gasteiger partial charge is 0.489 e. The Morgan fingerprint density at radius 2 is 1.89 bits per heavy atom. The first-order valence-electron chi connectivity index (χ1n) is 11.4. The lowest BCUT2D eigenvalue weighted by atomic mass is 9.97. The predicted octanol–water partition coefficient (Wildman–Crippen LogP) is 4.56. The van der Waals surface area contributed by atoms with Crippen molar-refractivity contribution < 1.29 is 23.5 Å². The van der Waals surface area contributed by atoms with E-state index in [4.69, 9.17) is 9.47 Å². The normalized spacial score (nSPS) is 15.1. The van der Waals surface area contributed by atoms with Crippen molar-refractivity contribution in [2.24, 2.45) is 5.41 Å². The number of nitrogens with one attached hydrogen (secondary N) is 1. The number of anilines is 1. The Bertz CT molecular complexity index is 1350. The summed E-state index contributed by atoms with van der Waals surface area (Å²) in [5.41, 5.74) is 1.24. The Hall–Kier alpha value is -4.38. The predicted molar refractivity (Wildman–Crippen MR) is 134 cm³/mol. The van der Waals surface area contributed by atoms with E-state index in [2.05, 4.69) is 22.1 Å². The summed E-state index contributed by atoms with van der Waals surface area (Å²) in [5, 5.41) is 2.70. The number of ether oxygens (including phenoxy) is 2. The SMILES string of the molecule is CN1C(=O)C(NC(=O)c2cc(Oc3ccc(F)cc3)ccn2)COc2ccc(C#CC(C)(C)C)cc21. The van der Waals surface area contributed by atoms with Crippen LogP contribution in [0, 0.1) is 23.1 Å². The van der Waals surface area contributed by atoms with Gasteiger partial charge in [-0.05, 0) is 69.3 Å². The Labute approximate surface area is 209 Å². The number of benzene rings is 2. The van der Waals surface area contributed by atoms with Crippen molar-refractivity contribution in [2.45, 2.75) is 26.8 Å². The van der Waals surface area contributed by atoms with Crippen LogP contribution in [0.5, 0.6) is 17.2 Å². The molecule has 1 atom stereocenters. The van der Waals surface area contributed by atoms with Crippen LogP contribution in [0.1, 0.15) is 36.8 Å². The summed E-state index contributed by atoms with van der Waals surface area (Å²) in [7, 11) is 1.63. The molecule has 0 spiro atoms. The van der Waals surface area contributed by atoms with Gasteiger partial charge < -0.3 is 19.7 Å². The zero-order chi connectivity index (χ0) is 25.9. The molecule has 2 aromatic carbocycles. The summed E-state index contributed by atoms with van der Waals surface area (Å²) in [6.07, 6.45) is 1.42. The first kappa shape index (κ1) is 24.7. The molecule has 0 saturated carbocycles. The standard InChI is InChI=1S/C28H26FN3O4/c1-28(2,3)13-11-18-5-10-25-24(15-18)32(4)27(34)23(17-35-25)31-26(33)22-16-21(12-14-30-22)36-20-8-6-19(29)7-9-20/h5-10,12,14-16,23H,17H2,1-4H3,(H,31,33). The van der Waals surface area contributed by atoms with E-state index >= 15 is 0 Å². The van der Waals surface area contributed by atoms with Crippen molar-refractivity contribution in [3.05, 3.63) is 77.9 Å². The summed E-state index contributed by atoms with van der Waals surface area (Å²) < 4.78 is 24.6. The van der Waals surface area contributed by atoms with E-state index in [9.17, 15) is 14.0 Å². The number of amides is 2. The maximum atomic E-state index is 13.2. The van der Waals surface area contributed by atoms with Crippen LogP contribution >= 0.6 is 0 Å². The zero-order valence-electron chi connectivity index (χ0n) is 20.5. The second kappa shape index (κ2) is 10.1. The molecule has 4 rings (SSSR count). The highest BCUT2D eigenvalue weighted by atomic mass is 19.1. The number of carbonyl (C=O) groups is 2. The van der Waals surface area contributed by atoms with Crippen LogP contribution in [-0.2, 0) is 4.79 Å². The molecule has 2 amide bonds. The smallest absolute Gasteiger partial charge is 0.270 e. The average molecular weight is 488 g/mol. The maximum Gasteiger partial charge on any atom is 0.270 e. The summed E-state index contributed by atoms with van der Waals surface area (Å²) in [5.74, 6) is 6.32. The zero-order valence-corrected chi connectivity index (χ0v) is 20.5. The number of hydrogen-bond donors (Lipinski definition) is 1. The van der Waals surface area contributed by atoms with E-state index in [0.29, 0.717) is 22.9 Å². The third-order valence-electron chi connectivity index (χ3n) is 5.26. The molecule has 1 aliphatic heterocycles. The minimum absolute atomic E-state index is 0.0410. The molecule has 0 bridgehead atoms. The number of carbonyl (C=O) groups excluding carboxylic acids is 2. The van der Waals surface area contributed by atoms with Crippen molar-refractivity contribution in [1.82, 2.24) is 10.3 Å². The van der Waals surface area contributed by atoms with E-state index < -0.39 is 11.9 Å². The van der Waals surface area contributed by atoms with Gasteiger partial charge in [-0.3, -0.25) is 14.6 Å². The monoisotopic (exact) mass is 487 g/mol. The van der Waals surface area contributed by atoms with E-state index in [1.807, 2.05) is 26.8 Å². The molecule has 1 unspecified atom stereocenters. The third-order valence-corrected chi connectivity index (χ3v) is 5.26. The molecule has 7 nitrogen and oxygen atoms in total. The fourth-order valence-corrected chi connectivity index (χ4v) is 3.41. The summed E-state index contributed by atoms with van der Waals surface area (Å²) >= 11 is 0. The van der Waals surface area contributed by atoms with Gasteiger partial charge in [0.15, 0.2) is 0 Å². The molecular formula is C28H26FN3O4. The number of halogens is 1. The van der Waals surface area contributed by atoms with Gasteiger partial charge in [0.1, 0.15) is 41.4 Å². The number of pyridine rings is 1. The lowest BCUT2D eigenvalue weighted by Gasteiger charge is -2.20. The number of fused-ring (bicyclic) bond motifs is 1. The van der Waals surface area contributed by atoms with Gasteiger partial charge in [-0.1, -0.05) is 11.8 Å². The molecule has 0 radical (unpaired) electrons. The molecule has 0 fully saturated rings. The van der Waals surface area contributed by atoms with Crippen LogP contribution < -0.4 is 19.7 Å². The Kier molecular flexibility index (Phi) is 6.93. The quantitative estimate of drug-likeness (QED) is 0.546. The Morgan fingerprint density at radius 1 is 1.14 bits per heavy atom. The van der Waals surface area contributed by atoms with Gasteiger partial charge in [0.25, 0.3) is 11.8 Å². The van der Waals surface area contributed by atoms with Crippen LogP contribution in [0.25, 0.3) is 0 Å². The first-order chi connectivity index (χ1) is 17.1. The van der Waals surface area contributed by atoms with Crippen molar-refractivity contribution in [2.75, 3.05) is 18.6 Å². The number of nitrogens with zero attached hydrogens (tertiary/aromatic N) is 2. The van der Waals surface area contributed by atoms with Crippen LogP contribution in [0.15, 0.2) is 60.8 Å². The van der Waals surface area contributed by atoms with Crippen LogP contribution in [0.2, 0.25) is 0 Å². The fourth-order valence-electron chi connectivity index (χ4n) is 3.41. The highest BCUT2D eigenvalue weighted by Gasteiger charge is 2.31. The molecule has 36 heavy (non-hydrogen) atoms. The molecule has 1 aromatic heterocycles. The molecule has 8 heteroatoms. The van der Waals surface area contributed by atoms with Gasteiger partial charge >= 0.3 is 0 Å². The molecule has 1 aliphatic rings. The number of likely N-dealkylation sites (N-methyl/N-ethyl adjacent to an activating group) is 1. The highest BCUT2D eigenvalue weighted by Crippen LogP contribution is 2.31. The summed E-state index contributed by atoms with van der Waals surface area (Å²) in [6, 6.07) is 13.0. The van der Waals surface area contributed by atoms with Crippen LogP contribution in [-0.4, -0.2) is 36.5 Å². The Morgan fingerprint density at radius 3 is 2.61 bits per heavy atom. The number of rotatable bonds is 4. The molecule has 2 heterocycles. The Balaban J connectivity index is 1.48. The van der Waals surface area contributed by atoms with E-state index in [0.717, 1.165) is 5.56 Å². The molecule has 1 N–H and O–H groups in total. The van der Waals surface area contributed by atoms with E-state index in [1.54, 1.807) is 25.2 Å². The first-order valence-corrected chi connectivity index (χ1v) is 11.4. The third kappa shape index (κ3) is 5.99. The van der Waals surface area contributed by atoms with Crippen molar-refractivity contribution >= 4 is 17.5 Å².